The number of hydrogen-bond donors (Lipinski definition) is 2. The Morgan fingerprint density at radius 2 is 2.27 bits per heavy atom. The standard InChI is InChI=1S/C11H13FN2O/c1-2-3-9-8-5-4-7(12)6-10(8)14-11(15)13-9/h4-6,9H,2-3H2,1H3,(H2,13,14,15). The molecule has 15 heavy (non-hydrogen) atoms. The quantitative estimate of drug-likeness (QED) is 0.770. The van der Waals surface area contributed by atoms with Crippen LogP contribution >= 0.6 is 0 Å². The molecule has 1 unspecified atom stereocenters. The topological polar surface area (TPSA) is 41.1 Å². The Labute approximate surface area is 87.7 Å². The summed E-state index contributed by atoms with van der Waals surface area (Å²) in [4.78, 5) is 11.3. The normalized spacial score (nSPS) is 19.1. The average molecular weight is 208 g/mol. The smallest absolute Gasteiger partial charge is 0.319 e. The van der Waals surface area contributed by atoms with E-state index in [2.05, 4.69) is 17.6 Å². The molecule has 0 fully saturated rings. The summed E-state index contributed by atoms with van der Waals surface area (Å²) in [6, 6.07) is 4.24. The van der Waals surface area contributed by atoms with Crippen molar-refractivity contribution in [2.24, 2.45) is 0 Å². The van der Waals surface area contributed by atoms with Gasteiger partial charge in [0.1, 0.15) is 5.82 Å². The summed E-state index contributed by atoms with van der Waals surface area (Å²) in [7, 11) is 0. The summed E-state index contributed by atoms with van der Waals surface area (Å²) in [5.41, 5.74) is 1.54. The predicted octanol–water partition coefficient (Wildman–Crippen LogP) is 2.80. The fourth-order valence-electron chi connectivity index (χ4n) is 1.85. The first kappa shape index (κ1) is 9.96. The highest BCUT2D eigenvalue weighted by Gasteiger charge is 2.23. The monoisotopic (exact) mass is 208 g/mol. The molecule has 1 aliphatic rings. The molecule has 0 saturated heterocycles. The first-order valence-electron chi connectivity index (χ1n) is 5.07. The lowest BCUT2D eigenvalue weighted by Gasteiger charge is -2.26. The second-order valence-corrected chi connectivity index (χ2v) is 3.67. The first-order chi connectivity index (χ1) is 7.20. The lowest BCUT2D eigenvalue weighted by molar-refractivity contribution is 0.246. The van der Waals surface area contributed by atoms with Crippen LogP contribution in [0.1, 0.15) is 31.4 Å². The lowest BCUT2D eigenvalue weighted by atomic mass is 9.99. The van der Waals surface area contributed by atoms with E-state index >= 15 is 0 Å². The number of carbonyl (C=O) groups excluding carboxylic acids is 1. The molecule has 0 radical (unpaired) electrons. The largest absolute Gasteiger partial charge is 0.331 e. The Hall–Kier alpha value is -1.58. The molecule has 1 aromatic rings. The number of hydrogen-bond acceptors (Lipinski definition) is 1. The molecule has 0 aliphatic carbocycles. The fourth-order valence-corrected chi connectivity index (χ4v) is 1.85. The first-order valence-corrected chi connectivity index (χ1v) is 5.07. The van der Waals surface area contributed by atoms with Gasteiger partial charge in [-0.05, 0) is 24.1 Å². The van der Waals surface area contributed by atoms with Crippen LogP contribution in [-0.2, 0) is 0 Å². The zero-order valence-electron chi connectivity index (χ0n) is 8.51. The van der Waals surface area contributed by atoms with Crippen LogP contribution in [0, 0.1) is 5.82 Å². The highest BCUT2D eigenvalue weighted by atomic mass is 19.1. The third-order valence-corrected chi connectivity index (χ3v) is 2.52. The number of nitrogens with one attached hydrogen (secondary N) is 2. The summed E-state index contributed by atoms with van der Waals surface area (Å²) < 4.78 is 13.0. The van der Waals surface area contributed by atoms with Gasteiger partial charge in [-0.2, -0.15) is 0 Å². The van der Waals surface area contributed by atoms with Crippen molar-refractivity contribution in [1.82, 2.24) is 5.32 Å². The van der Waals surface area contributed by atoms with Gasteiger partial charge in [-0.1, -0.05) is 19.4 Å². The highest BCUT2D eigenvalue weighted by molar-refractivity contribution is 5.92. The molecule has 80 valence electrons. The van der Waals surface area contributed by atoms with Crippen LogP contribution in [0.2, 0.25) is 0 Å². The van der Waals surface area contributed by atoms with Crippen LogP contribution < -0.4 is 10.6 Å². The predicted molar refractivity (Wildman–Crippen MR) is 56.2 cm³/mol. The SMILES string of the molecule is CCCC1NC(=O)Nc2cc(F)ccc21. The van der Waals surface area contributed by atoms with Crippen molar-refractivity contribution in [3.05, 3.63) is 29.6 Å². The zero-order chi connectivity index (χ0) is 10.8. The molecule has 1 heterocycles. The van der Waals surface area contributed by atoms with Crippen molar-refractivity contribution >= 4 is 11.7 Å². The number of halogens is 1. The van der Waals surface area contributed by atoms with Crippen molar-refractivity contribution in [3.63, 3.8) is 0 Å². The van der Waals surface area contributed by atoms with Gasteiger partial charge in [-0.25, -0.2) is 9.18 Å². The molecule has 2 rings (SSSR count). The number of urea groups is 1. The van der Waals surface area contributed by atoms with Gasteiger partial charge in [0, 0.05) is 0 Å². The minimum atomic E-state index is -0.328. The van der Waals surface area contributed by atoms with E-state index in [9.17, 15) is 9.18 Å². The van der Waals surface area contributed by atoms with Crippen LogP contribution in [-0.4, -0.2) is 6.03 Å². The number of carbonyl (C=O) groups is 1. The molecule has 1 aliphatic heterocycles. The number of rotatable bonds is 2. The van der Waals surface area contributed by atoms with E-state index in [-0.39, 0.29) is 17.9 Å². The van der Waals surface area contributed by atoms with E-state index in [1.807, 2.05) is 0 Å². The molecule has 2 amide bonds. The van der Waals surface area contributed by atoms with Crippen LogP contribution in [0.4, 0.5) is 14.9 Å². The molecular weight excluding hydrogens is 195 g/mol. The van der Waals surface area contributed by atoms with E-state index in [4.69, 9.17) is 0 Å². The average Bonchev–Trinajstić information content (AvgIpc) is 2.17. The van der Waals surface area contributed by atoms with Crippen LogP contribution in [0.3, 0.4) is 0 Å². The summed E-state index contributed by atoms with van der Waals surface area (Å²) in [5.74, 6) is -0.328. The van der Waals surface area contributed by atoms with E-state index in [1.54, 1.807) is 6.07 Å². The van der Waals surface area contributed by atoms with Gasteiger partial charge in [0.15, 0.2) is 0 Å². The van der Waals surface area contributed by atoms with Crippen molar-refractivity contribution in [3.8, 4) is 0 Å². The summed E-state index contributed by atoms with van der Waals surface area (Å²) in [5, 5.41) is 5.42. The van der Waals surface area contributed by atoms with Gasteiger partial charge in [0.25, 0.3) is 0 Å². The molecule has 1 atom stereocenters. The molecule has 0 spiro atoms. The van der Waals surface area contributed by atoms with Crippen molar-refractivity contribution in [2.45, 2.75) is 25.8 Å². The Bertz CT molecular complexity index is 392. The maximum absolute atomic E-state index is 13.0. The number of amides is 2. The van der Waals surface area contributed by atoms with Gasteiger partial charge in [0.2, 0.25) is 0 Å². The van der Waals surface area contributed by atoms with Crippen LogP contribution in [0.25, 0.3) is 0 Å². The van der Waals surface area contributed by atoms with E-state index in [0.717, 1.165) is 18.4 Å². The Morgan fingerprint density at radius 3 is 3.00 bits per heavy atom. The minimum Gasteiger partial charge on any atom is -0.331 e. The van der Waals surface area contributed by atoms with Gasteiger partial charge in [-0.3, -0.25) is 0 Å². The Kier molecular flexibility index (Phi) is 2.58. The number of benzene rings is 1. The second kappa shape index (κ2) is 3.88. The van der Waals surface area contributed by atoms with E-state index in [0.29, 0.717) is 5.69 Å². The summed E-state index contributed by atoms with van der Waals surface area (Å²) in [6.07, 6.45) is 1.84. The third-order valence-electron chi connectivity index (χ3n) is 2.52. The fraction of sp³-hybridized carbons (Fsp3) is 0.364. The maximum atomic E-state index is 13.0. The minimum absolute atomic E-state index is 0.000602. The summed E-state index contributed by atoms with van der Waals surface area (Å²) >= 11 is 0. The Morgan fingerprint density at radius 1 is 1.47 bits per heavy atom. The van der Waals surface area contributed by atoms with Crippen molar-refractivity contribution in [2.75, 3.05) is 5.32 Å². The Balaban J connectivity index is 2.37. The maximum Gasteiger partial charge on any atom is 0.319 e. The van der Waals surface area contributed by atoms with Crippen LogP contribution in [0.5, 0.6) is 0 Å². The molecule has 4 heteroatoms. The third kappa shape index (κ3) is 1.93. The van der Waals surface area contributed by atoms with Gasteiger partial charge >= 0.3 is 6.03 Å². The van der Waals surface area contributed by atoms with Crippen LogP contribution in [0.15, 0.2) is 18.2 Å². The lowest BCUT2D eigenvalue weighted by Crippen LogP contribution is -2.37. The molecule has 0 saturated carbocycles. The molecule has 3 nitrogen and oxygen atoms in total. The van der Waals surface area contributed by atoms with Crippen molar-refractivity contribution < 1.29 is 9.18 Å². The molecule has 0 aromatic heterocycles. The zero-order valence-corrected chi connectivity index (χ0v) is 8.51. The van der Waals surface area contributed by atoms with Crippen molar-refractivity contribution in [1.29, 1.82) is 0 Å². The second-order valence-electron chi connectivity index (χ2n) is 3.67. The number of anilines is 1. The van der Waals surface area contributed by atoms with Gasteiger partial charge < -0.3 is 10.6 Å². The molecule has 1 aromatic carbocycles. The molecular formula is C11H13FN2O. The highest BCUT2D eigenvalue weighted by Crippen LogP contribution is 2.30. The van der Waals surface area contributed by atoms with E-state index < -0.39 is 0 Å². The van der Waals surface area contributed by atoms with Gasteiger partial charge in [-0.15, -0.1) is 0 Å². The van der Waals surface area contributed by atoms with Gasteiger partial charge in [0.05, 0.1) is 11.7 Å². The summed E-state index contributed by atoms with van der Waals surface area (Å²) in [6.45, 7) is 2.05. The molecule has 0 bridgehead atoms. The molecule has 2 N–H and O–H groups in total. The number of fused-ring (bicyclic) bond motifs is 1. The van der Waals surface area contributed by atoms with E-state index in [1.165, 1.54) is 12.1 Å².